The Kier molecular flexibility index (Phi) is 3.41. The van der Waals surface area contributed by atoms with Crippen LogP contribution < -0.4 is 22.3 Å². The predicted octanol–water partition coefficient (Wildman–Crippen LogP) is 0.597. The number of benzene rings is 1. The molecule has 1 aromatic rings. The number of hydrogen-bond acceptors (Lipinski definition) is 5. The Morgan fingerprint density at radius 1 is 1.35 bits per heavy atom. The van der Waals surface area contributed by atoms with Gasteiger partial charge in [0.2, 0.25) is 0 Å². The lowest BCUT2D eigenvalue weighted by atomic mass is 10.1. The molecule has 17 heavy (non-hydrogen) atoms. The fourth-order valence-corrected chi connectivity index (χ4v) is 2.04. The van der Waals surface area contributed by atoms with E-state index in [0.29, 0.717) is 10.2 Å². The zero-order chi connectivity index (χ0) is 12.4. The second-order valence-corrected chi connectivity index (χ2v) is 4.30. The number of nitrogens with two attached hydrogens (primary N) is 2. The Morgan fingerprint density at radius 2 is 2.00 bits per heavy atom. The Morgan fingerprint density at radius 3 is 2.59 bits per heavy atom. The zero-order valence-electron chi connectivity index (χ0n) is 8.74. The van der Waals surface area contributed by atoms with Gasteiger partial charge >= 0.3 is 0 Å². The van der Waals surface area contributed by atoms with E-state index in [0.717, 1.165) is 5.56 Å². The summed E-state index contributed by atoms with van der Waals surface area (Å²) in [5.74, 6) is 5.32. The second kappa shape index (κ2) is 4.82. The van der Waals surface area contributed by atoms with Crippen molar-refractivity contribution in [3.8, 4) is 0 Å². The lowest BCUT2D eigenvalue weighted by Gasteiger charge is -2.24. The van der Waals surface area contributed by atoms with Gasteiger partial charge in [-0.05, 0) is 40.2 Å². The van der Waals surface area contributed by atoms with Crippen LogP contribution in [0.5, 0.6) is 0 Å². The molecule has 1 aliphatic rings. The molecule has 0 fully saturated rings. The molecule has 0 bridgehead atoms. The third-order valence-corrected chi connectivity index (χ3v) is 3.12. The average molecular weight is 300 g/mol. The molecule has 2 rings (SSSR count). The molecule has 0 spiro atoms. The molecule has 1 aromatic carbocycles. The largest absolute Gasteiger partial charge is 0.370 e. The first-order chi connectivity index (χ1) is 8.11. The van der Waals surface area contributed by atoms with Crippen LogP contribution >= 0.6 is 15.9 Å². The van der Waals surface area contributed by atoms with E-state index in [2.05, 4.69) is 31.7 Å². The number of hydrazine groups is 1. The van der Waals surface area contributed by atoms with Crippen molar-refractivity contribution in [3.05, 3.63) is 40.1 Å². The molecule has 5 nitrogen and oxygen atoms in total. The Balaban J connectivity index is 2.45. The van der Waals surface area contributed by atoms with Crippen molar-refractivity contribution < 1.29 is 4.39 Å². The predicted molar refractivity (Wildman–Crippen MR) is 68.1 cm³/mol. The van der Waals surface area contributed by atoms with E-state index in [-0.39, 0.29) is 17.9 Å². The molecule has 0 saturated carbocycles. The van der Waals surface area contributed by atoms with E-state index in [9.17, 15) is 4.39 Å². The van der Waals surface area contributed by atoms with Crippen molar-refractivity contribution in [2.75, 3.05) is 0 Å². The van der Waals surface area contributed by atoms with Crippen LogP contribution in [-0.4, -0.2) is 12.1 Å². The van der Waals surface area contributed by atoms with E-state index in [1.165, 1.54) is 12.1 Å². The molecule has 1 heterocycles. The zero-order valence-corrected chi connectivity index (χ0v) is 10.3. The molecular weight excluding hydrogens is 289 g/mol. The third-order valence-electron chi connectivity index (χ3n) is 2.29. The SMILES string of the molecule is NNC1NC(N)=NC(c2ccc(F)cc2)=C1Br. The summed E-state index contributed by atoms with van der Waals surface area (Å²) in [6, 6.07) is 5.98. The normalized spacial score (nSPS) is 19.9. The standard InChI is InChI=1S/C10H11BrFN5/c11-7-8(5-1-3-6(12)4-2-5)15-10(13)16-9(7)17-14/h1-4,9,17H,14H2,(H3,13,15,16). The molecule has 7 heteroatoms. The Bertz CT molecular complexity index is 482. The summed E-state index contributed by atoms with van der Waals surface area (Å²) in [7, 11) is 0. The number of nitrogens with one attached hydrogen (secondary N) is 2. The first-order valence-corrected chi connectivity index (χ1v) is 5.63. The van der Waals surface area contributed by atoms with E-state index in [4.69, 9.17) is 11.6 Å². The van der Waals surface area contributed by atoms with Crippen molar-refractivity contribution in [2.45, 2.75) is 6.17 Å². The van der Waals surface area contributed by atoms with Crippen molar-refractivity contribution in [3.63, 3.8) is 0 Å². The van der Waals surface area contributed by atoms with E-state index < -0.39 is 0 Å². The number of aliphatic imine (C=N–C) groups is 1. The molecular formula is C10H11BrFN5. The maximum Gasteiger partial charge on any atom is 0.195 e. The molecule has 0 aliphatic carbocycles. The van der Waals surface area contributed by atoms with Crippen LogP contribution in [0.4, 0.5) is 4.39 Å². The first-order valence-electron chi connectivity index (χ1n) is 4.84. The highest BCUT2D eigenvalue weighted by atomic mass is 79.9. The molecule has 0 saturated heterocycles. The van der Waals surface area contributed by atoms with Gasteiger partial charge in [-0.3, -0.25) is 5.84 Å². The van der Waals surface area contributed by atoms with Crippen LogP contribution in [0.2, 0.25) is 0 Å². The summed E-state index contributed by atoms with van der Waals surface area (Å²) < 4.78 is 13.5. The maximum atomic E-state index is 12.8. The van der Waals surface area contributed by atoms with Crippen LogP contribution in [0.25, 0.3) is 5.70 Å². The highest BCUT2D eigenvalue weighted by Crippen LogP contribution is 2.28. The van der Waals surface area contributed by atoms with Gasteiger partial charge in [-0.1, -0.05) is 0 Å². The van der Waals surface area contributed by atoms with Crippen LogP contribution in [0, 0.1) is 5.82 Å². The highest BCUT2D eigenvalue weighted by molar-refractivity contribution is 9.11. The number of rotatable bonds is 2. The van der Waals surface area contributed by atoms with Gasteiger partial charge in [0, 0.05) is 5.56 Å². The quantitative estimate of drug-likeness (QED) is 0.476. The summed E-state index contributed by atoms with van der Waals surface area (Å²) >= 11 is 3.38. The summed E-state index contributed by atoms with van der Waals surface area (Å²) in [5, 5.41) is 2.84. The van der Waals surface area contributed by atoms with Gasteiger partial charge in [0.25, 0.3) is 0 Å². The molecule has 0 aromatic heterocycles. The van der Waals surface area contributed by atoms with Crippen LogP contribution in [-0.2, 0) is 0 Å². The molecule has 90 valence electrons. The van der Waals surface area contributed by atoms with Gasteiger partial charge in [0.1, 0.15) is 12.0 Å². The van der Waals surface area contributed by atoms with E-state index >= 15 is 0 Å². The lowest BCUT2D eigenvalue weighted by molar-refractivity contribution is 0.577. The Labute approximate surface area is 106 Å². The van der Waals surface area contributed by atoms with Crippen molar-refractivity contribution >= 4 is 27.6 Å². The molecule has 6 N–H and O–H groups in total. The van der Waals surface area contributed by atoms with Crippen molar-refractivity contribution in [2.24, 2.45) is 16.6 Å². The van der Waals surface area contributed by atoms with Crippen LogP contribution in [0.3, 0.4) is 0 Å². The second-order valence-electron chi connectivity index (χ2n) is 3.44. The van der Waals surface area contributed by atoms with Gasteiger partial charge < -0.3 is 11.1 Å². The number of halogens is 2. The minimum Gasteiger partial charge on any atom is -0.370 e. The highest BCUT2D eigenvalue weighted by Gasteiger charge is 2.21. The number of guanidine groups is 1. The number of hydrogen-bond donors (Lipinski definition) is 4. The summed E-state index contributed by atoms with van der Waals surface area (Å²) in [6.07, 6.45) is -0.354. The number of nitrogens with zero attached hydrogens (tertiary/aromatic N) is 1. The van der Waals surface area contributed by atoms with Gasteiger partial charge in [-0.2, -0.15) is 0 Å². The van der Waals surface area contributed by atoms with Crippen molar-refractivity contribution in [1.82, 2.24) is 10.7 Å². The fraction of sp³-hybridized carbons (Fsp3) is 0.100. The van der Waals surface area contributed by atoms with E-state index in [1.807, 2.05) is 0 Å². The average Bonchev–Trinajstić information content (AvgIpc) is 2.33. The molecule has 1 aliphatic heterocycles. The van der Waals surface area contributed by atoms with Gasteiger partial charge in [-0.15, -0.1) is 0 Å². The smallest absolute Gasteiger partial charge is 0.195 e. The minimum atomic E-state index is -0.354. The van der Waals surface area contributed by atoms with E-state index in [1.54, 1.807) is 12.1 Å². The molecule has 0 radical (unpaired) electrons. The summed E-state index contributed by atoms with van der Waals surface area (Å²) in [4.78, 5) is 4.16. The molecule has 1 unspecified atom stereocenters. The first kappa shape index (κ1) is 12.0. The lowest BCUT2D eigenvalue weighted by Crippen LogP contribution is -2.53. The molecule has 0 amide bonds. The van der Waals surface area contributed by atoms with Gasteiger partial charge in [0.15, 0.2) is 5.96 Å². The van der Waals surface area contributed by atoms with Crippen LogP contribution in [0.15, 0.2) is 33.7 Å². The monoisotopic (exact) mass is 299 g/mol. The third kappa shape index (κ3) is 2.46. The topological polar surface area (TPSA) is 88.5 Å². The van der Waals surface area contributed by atoms with Crippen LogP contribution in [0.1, 0.15) is 5.56 Å². The van der Waals surface area contributed by atoms with Gasteiger partial charge in [0.05, 0.1) is 10.2 Å². The summed E-state index contributed by atoms with van der Waals surface area (Å²) in [5.41, 5.74) is 9.55. The summed E-state index contributed by atoms with van der Waals surface area (Å²) in [6.45, 7) is 0. The van der Waals surface area contributed by atoms with Crippen molar-refractivity contribution in [1.29, 1.82) is 0 Å². The molecule has 1 atom stereocenters. The Hall–Kier alpha value is -1.44. The fourth-order valence-electron chi connectivity index (χ4n) is 1.48. The van der Waals surface area contributed by atoms with Gasteiger partial charge in [-0.25, -0.2) is 14.8 Å². The minimum absolute atomic E-state index is 0.246. The maximum absolute atomic E-state index is 12.8.